The molecule has 0 amide bonds. The summed E-state index contributed by atoms with van der Waals surface area (Å²) >= 11 is 0. The van der Waals surface area contributed by atoms with Crippen LogP contribution in [0.3, 0.4) is 0 Å². The van der Waals surface area contributed by atoms with Crippen LogP contribution in [0.25, 0.3) is 6.08 Å². The molecule has 0 bridgehead atoms. The molecule has 0 aromatic heterocycles. The maximum atomic E-state index is 11.8. The lowest BCUT2D eigenvalue weighted by Crippen LogP contribution is -2.24. The van der Waals surface area contributed by atoms with E-state index in [-0.39, 0.29) is 12.0 Å². The molecule has 21 heavy (non-hydrogen) atoms. The molecular formula is C17H22O4. The Morgan fingerprint density at radius 2 is 1.81 bits per heavy atom. The van der Waals surface area contributed by atoms with Gasteiger partial charge in [0.2, 0.25) is 0 Å². The molecule has 0 N–H and O–H groups in total. The third kappa shape index (κ3) is 5.08. The average molecular weight is 290 g/mol. The zero-order valence-electron chi connectivity index (χ0n) is 12.9. The summed E-state index contributed by atoms with van der Waals surface area (Å²) in [4.78, 5) is 11.8. The highest BCUT2D eigenvalue weighted by atomic mass is 16.5. The summed E-state index contributed by atoms with van der Waals surface area (Å²) in [5.41, 5.74) is 1.51. The lowest BCUT2D eigenvalue weighted by molar-refractivity contribution is -0.137. The summed E-state index contributed by atoms with van der Waals surface area (Å²) in [6, 6.07) is 9.90. The molecule has 0 aliphatic carbocycles. The Morgan fingerprint density at radius 3 is 2.33 bits per heavy atom. The zero-order valence-corrected chi connectivity index (χ0v) is 12.9. The minimum absolute atomic E-state index is 0.192. The Balaban J connectivity index is 2.89. The van der Waals surface area contributed by atoms with Gasteiger partial charge in [-0.3, -0.25) is 0 Å². The van der Waals surface area contributed by atoms with Crippen LogP contribution in [0.2, 0.25) is 0 Å². The molecule has 1 aromatic carbocycles. The van der Waals surface area contributed by atoms with Gasteiger partial charge in [-0.25, -0.2) is 4.79 Å². The summed E-state index contributed by atoms with van der Waals surface area (Å²) in [6.07, 6.45) is 5.03. The van der Waals surface area contributed by atoms with E-state index in [0.29, 0.717) is 5.57 Å². The fourth-order valence-electron chi connectivity index (χ4n) is 1.98. The number of benzene rings is 1. The molecule has 0 heterocycles. The summed E-state index contributed by atoms with van der Waals surface area (Å²) in [7, 11) is 4.45. The van der Waals surface area contributed by atoms with Crippen LogP contribution >= 0.6 is 0 Å². The van der Waals surface area contributed by atoms with E-state index < -0.39 is 5.97 Å². The van der Waals surface area contributed by atoms with Crippen molar-refractivity contribution in [2.45, 2.75) is 13.0 Å². The first kappa shape index (κ1) is 17.0. The number of hydrogen-bond acceptors (Lipinski definition) is 4. The van der Waals surface area contributed by atoms with Crippen LogP contribution in [-0.4, -0.2) is 33.4 Å². The van der Waals surface area contributed by atoms with Crippen LogP contribution in [0.5, 0.6) is 0 Å². The first-order valence-electron chi connectivity index (χ1n) is 6.71. The van der Waals surface area contributed by atoms with E-state index in [4.69, 9.17) is 14.2 Å². The van der Waals surface area contributed by atoms with Gasteiger partial charge in [-0.15, -0.1) is 0 Å². The molecule has 0 radical (unpaired) electrons. The van der Waals surface area contributed by atoms with Crippen LogP contribution in [0.1, 0.15) is 12.5 Å². The number of carbonyl (C=O) groups excluding carboxylic acids is 1. The number of ether oxygens (including phenoxy) is 3. The quantitative estimate of drug-likeness (QED) is 0.440. The number of hydrogen-bond donors (Lipinski definition) is 0. The van der Waals surface area contributed by atoms with E-state index >= 15 is 0 Å². The van der Waals surface area contributed by atoms with Crippen LogP contribution in [0, 0.1) is 5.92 Å². The van der Waals surface area contributed by atoms with Gasteiger partial charge in [-0.05, 0) is 5.56 Å². The number of methoxy groups -OCH3 is 3. The monoisotopic (exact) mass is 290 g/mol. The molecular weight excluding hydrogens is 268 g/mol. The van der Waals surface area contributed by atoms with Crippen molar-refractivity contribution in [1.29, 1.82) is 0 Å². The minimum Gasteiger partial charge on any atom is -0.504 e. The smallest absolute Gasteiger partial charge is 0.337 e. The average Bonchev–Trinajstić information content (AvgIpc) is 2.53. The molecule has 0 saturated heterocycles. The van der Waals surface area contributed by atoms with Crippen molar-refractivity contribution in [3.63, 3.8) is 0 Å². The van der Waals surface area contributed by atoms with Gasteiger partial charge >= 0.3 is 5.97 Å². The third-order valence-corrected chi connectivity index (χ3v) is 3.20. The molecule has 114 valence electrons. The van der Waals surface area contributed by atoms with Gasteiger partial charge in [0, 0.05) is 13.0 Å². The van der Waals surface area contributed by atoms with Crippen molar-refractivity contribution in [2.24, 2.45) is 5.92 Å². The maximum Gasteiger partial charge on any atom is 0.337 e. The Morgan fingerprint density at radius 1 is 1.14 bits per heavy atom. The molecule has 0 saturated carbocycles. The topological polar surface area (TPSA) is 44.8 Å². The Labute approximate surface area is 126 Å². The molecule has 1 aromatic rings. The second kappa shape index (κ2) is 8.97. The number of carbonyl (C=O) groups is 1. The SMILES string of the molecule is CO/C=C(\C(=O)OC)[C@H](C)[C@H](/C=C/c1ccccc1)OC. The van der Waals surface area contributed by atoms with Gasteiger partial charge in [0.1, 0.15) is 0 Å². The van der Waals surface area contributed by atoms with Gasteiger partial charge < -0.3 is 14.2 Å². The van der Waals surface area contributed by atoms with Crippen LogP contribution in [0.15, 0.2) is 48.2 Å². The molecule has 0 aliphatic rings. The predicted molar refractivity (Wildman–Crippen MR) is 82.5 cm³/mol. The third-order valence-electron chi connectivity index (χ3n) is 3.20. The van der Waals surface area contributed by atoms with Gasteiger partial charge in [0.25, 0.3) is 0 Å². The van der Waals surface area contributed by atoms with Crippen molar-refractivity contribution in [3.8, 4) is 0 Å². The van der Waals surface area contributed by atoms with Crippen molar-refractivity contribution in [2.75, 3.05) is 21.3 Å². The summed E-state index contributed by atoms with van der Waals surface area (Å²) in [5.74, 6) is -0.609. The second-order valence-corrected chi connectivity index (χ2v) is 4.56. The highest BCUT2D eigenvalue weighted by Gasteiger charge is 2.24. The highest BCUT2D eigenvalue weighted by molar-refractivity contribution is 5.88. The van der Waals surface area contributed by atoms with Gasteiger partial charge in [-0.2, -0.15) is 0 Å². The maximum absolute atomic E-state index is 11.8. The van der Waals surface area contributed by atoms with Crippen molar-refractivity contribution >= 4 is 12.0 Å². The Kier molecular flexibility index (Phi) is 7.26. The second-order valence-electron chi connectivity index (χ2n) is 4.56. The summed E-state index contributed by atoms with van der Waals surface area (Å²) < 4.78 is 15.2. The molecule has 4 nitrogen and oxygen atoms in total. The van der Waals surface area contributed by atoms with E-state index in [0.717, 1.165) is 5.56 Å². The first-order valence-corrected chi connectivity index (χ1v) is 6.71. The molecule has 0 spiro atoms. The van der Waals surface area contributed by atoms with E-state index in [9.17, 15) is 4.79 Å². The molecule has 4 heteroatoms. The van der Waals surface area contributed by atoms with Crippen LogP contribution in [-0.2, 0) is 19.0 Å². The van der Waals surface area contributed by atoms with Crippen molar-refractivity contribution < 1.29 is 19.0 Å². The van der Waals surface area contributed by atoms with Gasteiger partial charge in [-0.1, -0.05) is 49.4 Å². The number of esters is 1. The fraction of sp³-hybridized carbons (Fsp3) is 0.353. The summed E-state index contributed by atoms with van der Waals surface area (Å²) in [6.45, 7) is 1.89. The minimum atomic E-state index is -0.417. The normalized spacial score (nSPS) is 14.8. The standard InChI is InChI=1S/C17H22O4/c1-13(15(12-19-2)17(18)21-4)16(20-3)11-10-14-8-6-5-7-9-14/h5-13,16H,1-4H3/b11-10+,15-12-/t13-,16-/m0/s1. The van der Waals surface area contributed by atoms with E-state index in [1.165, 1.54) is 20.5 Å². The van der Waals surface area contributed by atoms with E-state index in [1.807, 2.05) is 49.4 Å². The Bertz CT molecular complexity index is 491. The predicted octanol–water partition coefficient (Wildman–Crippen LogP) is 3.05. The van der Waals surface area contributed by atoms with E-state index in [1.54, 1.807) is 7.11 Å². The highest BCUT2D eigenvalue weighted by Crippen LogP contribution is 2.20. The lowest BCUT2D eigenvalue weighted by Gasteiger charge is -2.20. The molecule has 0 aliphatic heterocycles. The first-order chi connectivity index (χ1) is 10.1. The fourth-order valence-corrected chi connectivity index (χ4v) is 1.98. The van der Waals surface area contributed by atoms with Crippen LogP contribution < -0.4 is 0 Å². The summed E-state index contributed by atoms with van der Waals surface area (Å²) in [5, 5.41) is 0. The van der Waals surface area contributed by atoms with Crippen LogP contribution in [0.4, 0.5) is 0 Å². The van der Waals surface area contributed by atoms with Gasteiger partial charge in [0.15, 0.2) is 0 Å². The Hall–Kier alpha value is -2.07. The lowest BCUT2D eigenvalue weighted by atomic mass is 9.95. The van der Waals surface area contributed by atoms with Crippen molar-refractivity contribution in [1.82, 2.24) is 0 Å². The molecule has 2 atom stereocenters. The number of rotatable bonds is 7. The van der Waals surface area contributed by atoms with E-state index in [2.05, 4.69) is 0 Å². The molecule has 1 rings (SSSR count). The molecule has 0 unspecified atom stereocenters. The largest absolute Gasteiger partial charge is 0.504 e. The van der Waals surface area contributed by atoms with Crippen molar-refractivity contribution in [3.05, 3.63) is 53.8 Å². The van der Waals surface area contributed by atoms with Gasteiger partial charge in [0.05, 0.1) is 32.2 Å². The zero-order chi connectivity index (χ0) is 15.7. The molecule has 0 fully saturated rings.